The molecule has 1 aliphatic rings. The Balaban J connectivity index is 2.43. The van der Waals surface area contributed by atoms with Crippen molar-refractivity contribution in [2.45, 2.75) is 33.1 Å². The molecule has 0 bridgehead atoms. The van der Waals surface area contributed by atoms with Crippen molar-refractivity contribution in [3.05, 3.63) is 0 Å². The number of carboxylic acids is 1. The van der Waals surface area contributed by atoms with Crippen molar-refractivity contribution in [2.24, 2.45) is 11.8 Å². The van der Waals surface area contributed by atoms with Crippen LogP contribution in [-0.2, 0) is 9.59 Å². The summed E-state index contributed by atoms with van der Waals surface area (Å²) >= 11 is 0. The van der Waals surface area contributed by atoms with Gasteiger partial charge in [-0.3, -0.25) is 9.59 Å². The predicted molar refractivity (Wildman–Crippen MR) is 56.4 cm³/mol. The molecule has 1 rings (SSSR count). The third-order valence-corrected chi connectivity index (χ3v) is 3.19. The number of hydrogen-bond acceptors (Lipinski definition) is 2. The first-order valence-corrected chi connectivity index (χ1v) is 5.57. The van der Waals surface area contributed by atoms with E-state index in [4.69, 9.17) is 5.11 Å². The molecule has 0 radical (unpaired) electrons. The summed E-state index contributed by atoms with van der Waals surface area (Å²) in [5, 5.41) is 8.82. The van der Waals surface area contributed by atoms with Crippen LogP contribution < -0.4 is 0 Å². The fraction of sp³-hybridized carbons (Fsp3) is 0.818. The van der Waals surface area contributed by atoms with E-state index < -0.39 is 5.97 Å². The highest BCUT2D eigenvalue weighted by atomic mass is 16.4. The van der Waals surface area contributed by atoms with Gasteiger partial charge in [0.1, 0.15) is 0 Å². The zero-order valence-electron chi connectivity index (χ0n) is 9.40. The molecule has 0 spiro atoms. The van der Waals surface area contributed by atoms with Crippen LogP contribution in [0.15, 0.2) is 0 Å². The fourth-order valence-corrected chi connectivity index (χ4v) is 1.83. The molecule has 0 aromatic rings. The van der Waals surface area contributed by atoms with Gasteiger partial charge in [-0.2, -0.15) is 0 Å². The van der Waals surface area contributed by atoms with Crippen LogP contribution in [0.4, 0.5) is 0 Å². The molecular weight excluding hydrogens is 194 g/mol. The number of aliphatic carboxylic acids is 1. The maximum absolute atomic E-state index is 11.8. The first-order valence-electron chi connectivity index (χ1n) is 5.57. The summed E-state index contributed by atoms with van der Waals surface area (Å²) in [6.07, 6.45) is 2.03. The number of carbonyl (C=O) groups excluding carboxylic acids is 1. The van der Waals surface area contributed by atoms with Crippen molar-refractivity contribution >= 4 is 11.9 Å². The largest absolute Gasteiger partial charge is 0.481 e. The Morgan fingerprint density at radius 2 is 1.93 bits per heavy atom. The predicted octanol–water partition coefficient (Wildman–Crippen LogP) is 1.36. The van der Waals surface area contributed by atoms with Crippen molar-refractivity contribution < 1.29 is 14.7 Å². The molecule has 1 heterocycles. The van der Waals surface area contributed by atoms with Crippen LogP contribution in [0.5, 0.6) is 0 Å². The Bertz CT molecular complexity index is 244. The van der Waals surface area contributed by atoms with Gasteiger partial charge in [0.2, 0.25) is 5.91 Å². The van der Waals surface area contributed by atoms with Gasteiger partial charge in [0, 0.05) is 19.0 Å². The van der Waals surface area contributed by atoms with Crippen molar-refractivity contribution in [1.82, 2.24) is 4.90 Å². The van der Waals surface area contributed by atoms with Gasteiger partial charge in [-0.1, -0.05) is 13.8 Å². The first-order chi connectivity index (χ1) is 7.06. The smallest absolute Gasteiger partial charge is 0.306 e. The van der Waals surface area contributed by atoms with Gasteiger partial charge in [-0.25, -0.2) is 0 Å². The van der Waals surface area contributed by atoms with E-state index in [1.165, 1.54) is 0 Å². The monoisotopic (exact) mass is 213 g/mol. The van der Waals surface area contributed by atoms with E-state index in [1.807, 2.05) is 13.8 Å². The summed E-state index contributed by atoms with van der Waals surface area (Å²) < 4.78 is 0. The fourth-order valence-electron chi connectivity index (χ4n) is 1.83. The maximum Gasteiger partial charge on any atom is 0.306 e. The van der Waals surface area contributed by atoms with Crippen LogP contribution in [0.1, 0.15) is 33.1 Å². The summed E-state index contributed by atoms with van der Waals surface area (Å²) in [6, 6.07) is 0. The molecule has 1 saturated heterocycles. The number of carboxylic acid groups (broad SMARTS) is 1. The lowest BCUT2D eigenvalue weighted by molar-refractivity contribution is -0.146. The first kappa shape index (κ1) is 12.0. The number of amides is 1. The van der Waals surface area contributed by atoms with Gasteiger partial charge in [0.05, 0.1) is 5.92 Å². The molecule has 15 heavy (non-hydrogen) atoms. The zero-order chi connectivity index (χ0) is 11.4. The van der Waals surface area contributed by atoms with Crippen LogP contribution in [0.2, 0.25) is 0 Å². The minimum atomic E-state index is -0.731. The van der Waals surface area contributed by atoms with E-state index in [9.17, 15) is 9.59 Å². The maximum atomic E-state index is 11.8. The third kappa shape index (κ3) is 2.94. The quantitative estimate of drug-likeness (QED) is 0.770. The molecule has 1 atom stereocenters. The average Bonchev–Trinajstić information content (AvgIpc) is 2.27. The Morgan fingerprint density at radius 3 is 2.33 bits per heavy atom. The molecule has 1 N–H and O–H groups in total. The number of carbonyl (C=O) groups is 2. The van der Waals surface area contributed by atoms with E-state index in [0.717, 1.165) is 6.42 Å². The number of nitrogens with zero attached hydrogens (tertiary/aromatic N) is 1. The lowest BCUT2D eigenvalue weighted by atomic mass is 9.96. The lowest BCUT2D eigenvalue weighted by Gasteiger charge is -2.31. The van der Waals surface area contributed by atoms with Gasteiger partial charge >= 0.3 is 5.97 Å². The van der Waals surface area contributed by atoms with Crippen molar-refractivity contribution in [1.29, 1.82) is 0 Å². The van der Waals surface area contributed by atoms with E-state index in [-0.39, 0.29) is 17.7 Å². The van der Waals surface area contributed by atoms with Crippen LogP contribution in [0.25, 0.3) is 0 Å². The topological polar surface area (TPSA) is 57.6 Å². The third-order valence-electron chi connectivity index (χ3n) is 3.19. The number of likely N-dealkylation sites (tertiary alicyclic amines) is 1. The minimum absolute atomic E-state index is 0.0615. The van der Waals surface area contributed by atoms with Crippen molar-refractivity contribution in [3.8, 4) is 0 Å². The molecular formula is C11H19NO3. The van der Waals surface area contributed by atoms with E-state index in [0.29, 0.717) is 25.9 Å². The van der Waals surface area contributed by atoms with E-state index in [1.54, 1.807) is 4.90 Å². The van der Waals surface area contributed by atoms with E-state index >= 15 is 0 Å². The van der Waals surface area contributed by atoms with Gasteiger partial charge in [0.25, 0.3) is 0 Å². The highest BCUT2D eigenvalue weighted by Gasteiger charge is 2.28. The Morgan fingerprint density at radius 1 is 1.40 bits per heavy atom. The Hall–Kier alpha value is -1.06. The Kier molecular flexibility index (Phi) is 4.12. The van der Waals surface area contributed by atoms with Crippen LogP contribution in [0, 0.1) is 11.8 Å². The van der Waals surface area contributed by atoms with Gasteiger partial charge in [-0.15, -0.1) is 0 Å². The molecule has 0 unspecified atom stereocenters. The second kappa shape index (κ2) is 5.14. The Labute approximate surface area is 90.3 Å². The molecule has 1 fully saturated rings. The standard InChI is InChI=1S/C11H19NO3/c1-3-8(2)10(13)12-6-4-9(5-7-12)11(14)15/h8-9H,3-7H2,1-2H3,(H,14,15)/t8-/m0/s1. The lowest BCUT2D eigenvalue weighted by Crippen LogP contribution is -2.42. The van der Waals surface area contributed by atoms with Crippen molar-refractivity contribution in [3.63, 3.8) is 0 Å². The summed E-state index contributed by atoms with van der Waals surface area (Å²) in [4.78, 5) is 24.3. The van der Waals surface area contributed by atoms with Gasteiger partial charge in [0.15, 0.2) is 0 Å². The SMILES string of the molecule is CC[C@H](C)C(=O)N1CCC(C(=O)O)CC1. The molecule has 0 aromatic carbocycles. The molecule has 86 valence electrons. The van der Waals surface area contributed by atoms with E-state index in [2.05, 4.69) is 0 Å². The highest BCUT2D eigenvalue weighted by Crippen LogP contribution is 2.19. The molecule has 1 amide bonds. The van der Waals surface area contributed by atoms with Crippen LogP contribution >= 0.6 is 0 Å². The second-order valence-corrected chi connectivity index (χ2v) is 4.25. The number of piperidine rings is 1. The second-order valence-electron chi connectivity index (χ2n) is 4.25. The van der Waals surface area contributed by atoms with Gasteiger partial charge < -0.3 is 10.0 Å². The summed E-state index contributed by atoms with van der Waals surface area (Å²) in [6.45, 7) is 5.11. The van der Waals surface area contributed by atoms with Crippen molar-refractivity contribution in [2.75, 3.05) is 13.1 Å². The van der Waals surface area contributed by atoms with Gasteiger partial charge in [-0.05, 0) is 19.3 Å². The summed E-state index contributed by atoms with van der Waals surface area (Å²) in [5.41, 5.74) is 0. The molecule has 0 aliphatic carbocycles. The molecule has 0 aromatic heterocycles. The molecule has 4 heteroatoms. The zero-order valence-corrected chi connectivity index (χ0v) is 9.40. The molecule has 4 nitrogen and oxygen atoms in total. The molecule has 0 saturated carbocycles. The van der Waals surface area contributed by atoms with Crippen LogP contribution in [0.3, 0.4) is 0 Å². The van der Waals surface area contributed by atoms with Crippen LogP contribution in [-0.4, -0.2) is 35.0 Å². The summed E-state index contributed by atoms with van der Waals surface area (Å²) in [7, 11) is 0. The minimum Gasteiger partial charge on any atom is -0.481 e. The summed E-state index contributed by atoms with van der Waals surface area (Å²) in [5.74, 6) is -0.760. The highest BCUT2D eigenvalue weighted by molar-refractivity contribution is 5.79. The number of hydrogen-bond donors (Lipinski definition) is 1. The number of rotatable bonds is 3. The molecule has 1 aliphatic heterocycles. The average molecular weight is 213 g/mol. The normalized spacial score (nSPS) is 20.0.